The van der Waals surface area contributed by atoms with Crippen LogP contribution < -0.4 is 22.8 Å². The Morgan fingerprint density at radius 3 is 1.73 bits per heavy atom. The second-order valence-corrected chi connectivity index (χ2v) is 17.7. The highest BCUT2D eigenvalue weighted by molar-refractivity contribution is 7.51. The van der Waals surface area contributed by atoms with E-state index in [-0.39, 0.29) is 17.5 Å². The van der Waals surface area contributed by atoms with Gasteiger partial charge in [0.2, 0.25) is 0 Å². The van der Waals surface area contributed by atoms with Crippen molar-refractivity contribution in [2.24, 2.45) is 0 Å². The van der Waals surface area contributed by atoms with Crippen LogP contribution in [0.4, 0.5) is 11.4 Å². The van der Waals surface area contributed by atoms with Crippen molar-refractivity contribution in [3.8, 4) is 34.1 Å². The van der Waals surface area contributed by atoms with Crippen LogP contribution in [-0.4, -0.2) is 25.2 Å². The lowest BCUT2D eigenvalue weighted by atomic mass is 9.89. The maximum absolute atomic E-state index is 14.1. The van der Waals surface area contributed by atoms with Crippen LogP contribution >= 0.6 is 17.1 Å². The third kappa shape index (κ3) is 9.19. The molecule has 0 spiro atoms. The Kier molecular flexibility index (Phi) is 13.4. The first-order valence-corrected chi connectivity index (χ1v) is 23.0. The number of aryl methyl sites for hydroxylation is 5. The molecule has 13 heteroatoms. The van der Waals surface area contributed by atoms with E-state index in [1.165, 1.54) is 7.11 Å². The number of carbonyl (C=O) groups excluding carboxylic acids is 4. The van der Waals surface area contributed by atoms with Gasteiger partial charge in [-0.25, -0.2) is 9.59 Å². The molecular weight excluding hydrogens is 873 g/mol. The zero-order chi connectivity index (χ0) is 46.5. The smallest absolute Gasteiger partial charge is 0.465 e. The van der Waals surface area contributed by atoms with Crippen molar-refractivity contribution in [1.82, 2.24) is 0 Å². The normalized spacial score (nSPS) is 12.9. The van der Waals surface area contributed by atoms with Gasteiger partial charge in [0, 0.05) is 11.1 Å². The molecule has 8 aromatic rings. The summed E-state index contributed by atoms with van der Waals surface area (Å²) in [6.07, 6.45) is 0.250. The van der Waals surface area contributed by atoms with Crippen LogP contribution in [-0.2, 0) is 18.8 Å². The van der Waals surface area contributed by atoms with Gasteiger partial charge in [-0.15, -0.1) is 0 Å². The van der Waals surface area contributed by atoms with Gasteiger partial charge >= 0.3 is 35.2 Å². The number of anilines is 2. The zero-order valence-electron chi connectivity index (χ0n) is 36.9. The lowest BCUT2D eigenvalue weighted by molar-refractivity contribution is -0.191. The van der Waals surface area contributed by atoms with Gasteiger partial charge in [-0.3, -0.25) is 4.67 Å². The van der Waals surface area contributed by atoms with Crippen LogP contribution in [0.25, 0.3) is 32.7 Å². The minimum Gasteiger partial charge on any atom is -0.465 e. The third-order valence-electron chi connectivity index (χ3n) is 10.9. The maximum atomic E-state index is 14.1. The van der Waals surface area contributed by atoms with Gasteiger partial charge in [0.15, 0.2) is 5.75 Å². The molecule has 0 saturated carbocycles. The molecule has 1 aliphatic rings. The maximum Gasteiger partial charge on any atom is 0.530 e. The summed E-state index contributed by atoms with van der Waals surface area (Å²) in [7, 11) is -3.15. The van der Waals surface area contributed by atoms with E-state index in [2.05, 4.69) is 18.2 Å². The van der Waals surface area contributed by atoms with Crippen LogP contribution in [0.5, 0.6) is 23.0 Å². The molecule has 0 aliphatic carbocycles. The number of nitrogens with zero attached hydrogens (tertiary/aromatic N) is 1. The van der Waals surface area contributed by atoms with Crippen molar-refractivity contribution in [2.75, 3.05) is 11.8 Å². The average molecular weight is 916 g/mol. The predicted molar refractivity (Wildman–Crippen MR) is 257 cm³/mol. The fourth-order valence-electron chi connectivity index (χ4n) is 7.88. The SMILES string of the molecule is COC(=O)c1cc2ccccc2c(-c2c(OP(Oc3ccc(C)cc3C)Oc3ccc(C)cc3C)c(C)cc3ccccc23)c1OP1OC(=O)c2ccccc2N1c1ccccc1.O=C=O. The van der Waals surface area contributed by atoms with Crippen molar-refractivity contribution in [3.63, 3.8) is 0 Å². The summed E-state index contributed by atoms with van der Waals surface area (Å²) in [5.74, 6) is 0.637. The van der Waals surface area contributed by atoms with Gasteiger partial charge in [-0.2, -0.15) is 9.59 Å². The molecule has 9 rings (SSSR count). The molecule has 330 valence electrons. The molecular formula is C53H43NO10P2. The number of para-hydroxylation sites is 2. The number of rotatable bonds is 11. The Bertz CT molecular complexity index is 3120. The van der Waals surface area contributed by atoms with Crippen LogP contribution in [0.15, 0.2) is 152 Å². The molecule has 0 saturated heterocycles. The lowest BCUT2D eigenvalue weighted by Gasteiger charge is -2.35. The fourth-order valence-corrected chi connectivity index (χ4v) is 10.6. The number of ether oxygens (including phenoxy) is 1. The molecule has 0 N–H and O–H groups in total. The second-order valence-electron chi connectivity index (χ2n) is 15.5. The summed E-state index contributed by atoms with van der Waals surface area (Å²) in [5, 5.41) is 3.22. The van der Waals surface area contributed by atoms with Gasteiger partial charge in [-0.1, -0.05) is 114 Å². The first-order valence-electron chi connectivity index (χ1n) is 20.8. The van der Waals surface area contributed by atoms with E-state index in [9.17, 15) is 9.59 Å². The standard InChI is InChI=1S/C52H43NO8P2.CO2/c1-32-24-26-45(34(3)28-32)57-63(58-46-27-25-33(2)29-35(46)4)60-49-36(5)30-37-16-10-12-20-40(37)47(49)48-41-21-13-11-17-38(41)31-43(51(54)56-6)50(48)59-62-53(39-18-8-7-9-19-39)44-23-15-14-22-42(44)52(55)61-62;2-1-3/h7-31H,1-6H3;. The average Bonchev–Trinajstić information content (AvgIpc) is 3.31. The van der Waals surface area contributed by atoms with Gasteiger partial charge in [-0.05, 0) is 121 Å². The summed E-state index contributed by atoms with van der Waals surface area (Å²) >= 11 is 0. The number of esters is 1. The molecule has 11 nitrogen and oxygen atoms in total. The summed E-state index contributed by atoms with van der Waals surface area (Å²) < 4.78 is 41.3. The number of hydrogen-bond donors (Lipinski definition) is 0. The number of hydrogen-bond acceptors (Lipinski definition) is 11. The molecule has 8 aromatic carbocycles. The van der Waals surface area contributed by atoms with Crippen molar-refractivity contribution < 1.29 is 46.5 Å². The van der Waals surface area contributed by atoms with Crippen molar-refractivity contribution in [2.45, 2.75) is 34.6 Å². The quantitative estimate of drug-likeness (QED) is 0.0909. The lowest BCUT2D eigenvalue weighted by Crippen LogP contribution is -2.25. The Hall–Kier alpha value is -7.54. The summed E-state index contributed by atoms with van der Waals surface area (Å²) in [5.41, 5.74) is 7.82. The largest absolute Gasteiger partial charge is 0.530 e. The van der Waals surface area contributed by atoms with E-state index in [1.54, 1.807) is 18.2 Å². The molecule has 0 bridgehead atoms. The number of carbonyl (C=O) groups is 2. The molecule has 1 aliphatic heterocycles. The topological polar surface area (TPSA) is 127 Å². The van der Waals surface area contributed by atoms with Crippen molar-refractivity contribution in [1.29, 1.82) is 0 Å². The minimum absolute atomic E-state index is 0.133. The van der Waals surface area contributed by atoms with Crippen LogP contribution in [0.2, 0.25) is 0 Å². The first kappa shape index (κ1) is 45.0. The molecule has 1 heterocycles. The summed E-state index contributed by atoms with van der Waals surface area (Å²) in [6, 6.07) is 48.3. The Morgan fingerprint density at radius 1 is 0.606 bits per heavy atom. The monoisotopic (exact) mass is 915 g/mol. The Morgan fingerprint density at radius 2 is 1.14 bits per heavy atom. The molecule has 0 aromatic heterocycles. The highest BCUT2D eigenvalue weighted by Gasteiger charge is 2.40. The van der Waals surface area contributed by atoms with E-state index >= 15 is 0 Å². The minimum atomic E-state index is -2.29. The van der Waals surface area contributed by atoms with Gasteiger partial charge in [0.25, 0.3) is 0 Å². The van der Waals surface area contributed by atoms with Crippen molar-refractivity contribution >= 4 is 68.1 Å². The summed E-state index contributed by atoms with van der Waals surface area (Å²) in [6.45, 7) is 10.0. The molecule has 1 atom stereocenters. The molecule has 0 fully saturated rings. The number of benzene rings is 8. The predicted octanol–water partition coefficient (Wildman–Crippen LogP) is 13.8. The third-order valence-corrected chi connectivity index (χ3v) is 13.3. The second kappa shape index (κ2) is 19.7. The highest BCUT2D eigenvalue weighted by Crippen LogP contribution is 2.59. The van der Waals surface area contributed by atoms with E-state index < -0.39 is 29.1 Å². The van der Waals surface area contributed by atoms with Crippen LogP contribution in [0.3, 0.4) is 0 Å². The van der Waals surface area contributed by atoms with Gasteiger partial charge < -0.3 is 27.4 Å². The Balaban J connectivity index is 0.00000192. The van der Waals surface area contributed by atoms with E-state index in [1.807, 2.05) is 155 Å². The van der Waals surface area contributed by atoms with E-state index in [0.717, 1.165) is 55.0 Å². The van der Waals surface area contributed by atoms with Crippen LogP contribution in [0, 0.1) is 34.6 Å². The molecule has 0 amide bonds. The molecule has 0 radical (unpaired) electrons. The van der Waals surface area contributed by atoms with Gasteiger partial charge in [0.1, 0.15) is 22.8 Å². The van der Waals surface area contributed by atoms with Crippen LogP contribution in [0.1, 0.15) is 48.5 Å². The number of fused-ring (bicyclic) bond motifs is 3. The van der Waals surface area contributed by atoms with Crippen molar-refractivity contribution in [3.05, 3.63) is 191 Å². The number of methoxy groups -OCH3 is 1. The summed E-state index contributed by atoms with van der Waals surface area (Å²) in [4.78, 5) is 44.2. The van der Waals surface area contributed by atoms with E-state index in [0.29, 0.717) is 39.6 Å². The molecule has 66 heavy (non-hydrogen) atoms. The van der Waals surface area contributed by atoms with E-state index in [4.69, 9.17) is 36.9 Å². The zero-order valence-corrected chi connectivity index (χ0v) is 38.6. The first-order chi connectivity index (χ1) is 32.0. The molecule has 1 unspecified atom stereocenters. The van der Waals surface area contributed by atoms with Gasteiger partial charge in [0.05, 0.1) is 24.0 Å². The fraction of sp³-hybridized carbons (Fsp3) is 0.113. The highest BCUT2D eigenvalue weighted by atomic mass is 31.2. The Labute approximate surface area is 384 Å².